The van der Waals surface area contributed by atoms with Crippen molar-refractivity contribution in [1.82, 2.24) is 0 Å². The minimum Gasteiger partial charge on any atom is -0.478 e. The summed E-state index contributed by atoms with van der Waals surface area (Å²) in [5, 5.41) is 8.82. The molecule has 0 aliphatic heterocycles. The van der Waals surface area contributed by atoms with E-state index < -0.39 is 11.8 Å². The molecule has 2 aromatic carbocycles. The Kier molecular flexibility index (Phi) is 3.98. The van der Waals surface area contributed by atoms with E-state index in [9.17, 15) is 13.6 Å². The fraction of sp³-hybridized carbons (Fsp3) is 0.133. The predicted molar refractivity (Wildman–Crippen MR) is 72.4 cm³/mol. The molecule has 0 aliphatic carbocycles. The van der Waals surface area contributed by atoms with Crippen LogP contribution >= 0.6 is 0 Å². The number of rotatable bonds is 4. The maximum absolute atomic E-state index is 14.0. The second-order valence-electron chi connectivity index (χ2n) is 4.19. The first-order valence-electron chi connectivity index (χ1n) is 6.09. The van der Waals surface area contributed by atoms with Gasteiger partial charge in [0.25, 0.3) is 0 Å². The van der Waals surface area contributed by atoms with Crippen LogP contribution in [0.5, 0.6) is 0 Å². The quantitative estimate of drug-likeness (QED) is 0.923. The SMILES string of the molecule is CCN(c1ccc(F)cc1)c1ccc(C(=O)O)cc1F. The van der Waals surface area contributed by atoms with Crippen molar-refractivity contribution in [3.05, 3.63) is 59.7 Å². The van der Waals surface area contributed by atoms with Crippen molar-refractivity contribution < 1.29 is 18.7 Å². The maximum atomic E-state index is 14.0. The van der Waals surface area contributed by atoms with Crippen LogP contribution in [0, 0.1) is 11.6 Å². The third-order valence-electron chi connectivity index (χ3n) is 2.94. The van der Waals surface area contributed by atoms with Crippen LogP contribution in [0.25, 0.3) is 0 Å². The Balaban J connectivity index is 2.41. The number of aromatic carboxylic acids is 1. The normalized spacial score (nSPS) is 10.3. The highest BCUT2D eigenvalue weighted by Gasteiger charge is 2.14. The fourth-order valence-electron chi connectivity index (χ4n) is 1.97. The predicted octanol–water partition coefficient (Wildman–Crippen LogP) is 3.82. The standard InChI is InChI=1S/C15H13F2NO2/c1-2-18(12-6-4-11(16)5-7-12)14-8-3-10(15(19)20)9-13(14)17/h3-9H,2H2,1H3,(H,19,20). The van der Waals surface area contributed by atoms with Crippen LogP contribution in [0.4, 0.5) is 20.2 Å². The van der Waals surface area contributed by atoms with E-state index in [1.54, 1.807) is 17.0 Å². The zero-order chi connectivity index (χ0) is 14.7. The van der Waals surface area contributed by atoms with E-state index in [-0.39, 0.29) is 17.1 Å². The van der Waals surface area contributed by atoms with Gasteiger partial charge < -0.3 is 10.0 Å². The van der Waals surface area contributed by atoms with Gasteiger partial charge in [0.2, 0.25) is 0 Å². The number of carbonyl (C=O) groups is 1. The minimum atomic E-state index is -1.18. The molecule has 5 heteroatoms. The average Bonchev–Trinajstić information content (AvgIpc) is 2.43. The van der Waals surface area contributed by atoms with E-state index in [1.807, 2.05) is 6.92 Å². The average molecular weight is 277 g/mol. The molecule has 0 fully saturated rings. The number of halogens is 2. The second-order valence-corrected chi connectivity index (χ2v) is 4.19. The fourth-order valence-corrected chi connectivity index (χ4v) is 1.97. The van der Waals surface area contributed by atoms with Crippen LogP contribution in [-0.4, -0.2) is 17.6 Å². The number of hydrogen-bond acceptors (Lipinski definition) is 2. The van der Waals surface area contributed by atoms with E-state index in [0.717, 1.165) is 6.07 Å². The molecule has 2 rings (SSSR count). The van der Waals surface area contributed by atoms with E-state index >= 15 is 0 Å². The van der Waals surface area contributed by atoms with Crippen LogP contribution < -0.4 is 4.90 Å². The van der Waals surface area contributed by atoms with Gasteiger partial charge in [0, 0.05) is 12.2 Å². The number of nitrogens with zero attached hydrogens (tertiary/aromatic N) is 1. The largest absolute Gasteiger partial charge is 0.478 e. The molecule has 0 unspecified atom stereocenters. The lowest BCUT2D eigenvalue weighted by Crippen LogP contribution is -2.17. The molecule has 0 radical (unpaired) electrons. The summed E-state index contributed by atoms with van der Waals surface area (Å²) >= 11 is 0. The molecule has 0 atom stereocenters. The highest BCUT2D eigenvalue weighted by molar-refractivity contribution is 5.88. The minimum absolute atomic E-state index is 0.110. The molecular formula is C15H13F2NO2. The van der Waals surface area contributed by atoms with Gasteiger partial charge in [-0.2, -0.15) is 0 Å². The Morgan fingerprint density at radius 2 is 1.80 bits per heavy atom. The number of carboxylic acids is 1. The summed E-state index contributed by atoms with van der Waals surface area (Å²) in [6.45, 7) is 2.29. The molecule has 0 amide bonds. The van der Waals surface area contributed by atoms with Crippen molar-refractivity contribution in [3.63, 3.8) is 0 Å². The third-order valence-corrected chi connectivity index (χ3v) is 2.94. The Bertz CT molecular complexity index is 626. The lowest BCUT2D eigenvalue weighted by molar-refractivity contribution is 0.0696. The number of carboxylic acid groups (broad SMARTS) is 1. The highest BCUT2D eigenvalue weighted by atomic mass is 19.1. The van der Waals surface area contributed by atoms with Gasteiger partial charge in [-0.05, 0) is 49.4 Å². The topological polar surface area (TPSA) is 40.5 Å². The molecule has 0 heterocycles. The zero-order valence-corrected chi connectivity index (χ0v) is 10.8. The maximum Gasteiger partial charge on any atom is 0.335 e. The van der Waals surface area contributed by atoms with Gasteiger partial charge >= 0.3 is 5.97 Å². The molecule has 1 N–H and O–H groups in total. The van der Waals surface area contributed by atoms with Crippen LogP contribution in [0.15, 0.2) is 42.5 Å². The molecule has 0 aliphatic rings. The summed E-state index contributed by atoms with van der Waals surface area (Å²) < 4.78 is 27.0. The number of anilines is 2. The molecule has 0 bridgehead atoms. The van der Waals surface area contributed by atoms with Gasteiger partial charge in [-0.3, -0.25) is 0 Å². The van der Waals surface area contributed by atoms with Crippen LogP contribution in [0.1, 0.15) is 17.3 Å². The van der Waals surface area contributed by atoms with E-state index in [1.165, 1.54) is 24.3 Å². The van der Waals surface area contributed by atoms with Crippen LogP contribution in [0.2, 0.25) is 0 Å². The summed E-state index contributed by atoms with van der Waals surface area (Å²) in [4.78, 5) is 12.4. The van der Waals surface area contributed by atoms with Crippen molar-refractivity contribution in [2.75, 3.05) is 11.4 Å². The van der Waals surface area contributed by atoms with Crippen molar-refractivity contribution in [1.29, 1.82) is 0 Å². The summed E-state index contributed by atoms with van der Waals surface area (Å²) in [7, 11) is 0. The summed E-state index contributed by atoms with van der Waals surface area (Å²) in [5.74, 6) is -2.18. The Labute approximate surface area is 115 Å². The van der Waals surface area contributed by atoms with Gasteiger partial charge in [0.1, 0.15) is 11.6 Å². The van der Waals surface area contributed by atoms with Crippen molar-refractivity contribution >= 4 is 17.3 Å². The summed E-state index contributed by atoms with van der Waals surface area (Å²) in [6.07, 6.45) is 0. The van der Waals surface area contributed by atoms with Gasteiger partial charge in [-0.25, -0.2) is 13.6 Å². The Hall–Kier alpha value is -2.43. The first kappa shape index (κ1) is 14.0. The van der Waals surface area contributed by atoms with Crippen LogP contribution in [0.3, 0.4) is 0 Å². The third kappa shape index (κ3) is 2.77. The molecule has 104 valence electrons. The monoisotopic (exact) mass is 277 g/mol. The molecule has 0 aromatic heterocycles. The Morgan fingerprint density at radius 1 is 1.15 bits per heavy atom. The highest BCUT2D eigenvalue weighted by Crippen LogP contribution is 2.28. The summed E-state index contributed by atoms with van der Waals surface area (Å²) in [5.41, 5.74) is 0.779. The van der Waals surface area contributed by atoms with Crippen molar-refractivity contribution in [3.8, 4) is 0 Å². The van der Waals surface area contributed by atoms with Crippen LogP contribution in [-0.2, 0) is 0 Å². The molecule has 20 heavy (non-hydrogen) atoms. The summed E-state index contributed by atoms with van der Waals surface area (Å²) in [6, 6.07) is 9.40. The number of benzene rings is 2. The van der Waals surface area contributed by atoms with Gasteiger partial charge in [0.05, 0.1) is 11.3 Å². The van der Waals surface area contributed by atoms with Gasteiger partial charge in [-0.15, -0.1) is 0 Å². The first-order chi connectivity index (χ1) is 9.52. The number of hydrogen-bond donors (Lipinski definition) is 1. The first-order valence-corrected chi connectivity index (χ1v) is 6.09. The molecule has 2 aromatic rings. The zero-order valence-electron chi connectivity index (χ0n) is 10.8. The molecular weight excluding hydrogens is 264 g/mol. The lowest BCUT2D eigenvalue weighted by Gasteiger charge is -2.24. The molecule has 3 nitrogen and oxygen atoms in total. The van der Waals surface area contributed by atoms with Crippen molar-refractivity contribution in [2.24, 2.45) is 0 Å². The van der Waals surface area contributed by atoms with Crippen molar-refractivity contribution in [2.45, 2.75) is 6.92 Å². The molecule has 0 saturated carbocycles. The smallest absolute Gasteiger partial charge is 0.335 e. The molecule has 0 spiro atoms. The second kappa shape index (κ2) is 5.69. The lowest BCUT2D eigenvalue weighted by atomic mass is 10.1. The van der Waals surface area contributed by atoms with E-state index in [2.05, 4.69) is 0 Å². The van der Waals surface area contributed by atoms with E-state index in [0.29, 0.717) is 12.2 Å². The van der Waals surface area contributed by atoms with Gasteiger partial charge in [-0.1, -0.05) is 0 Å². The molecule has 0 saturated heterocycles. The Morgan fingerprint density at radius 3 is 2.30 bits per heavy atom. The van der Waals surface area contributed by atoms with Gasteiger partial charge in [0.15, 0.2) is 0 Å². The van der Waals surface area contributed by atoms with E-state index in [4.69, 9.17) is 5.11 Å².